The molecule has 142 valence electrons. The van der Waals surface area contributed by atoms with E-state index >= 15 is 0 Å². The van der Waals surface area contributed by atoms with E-state index in [2.05, 4.69) is 72.8 Å². The van der Waals surface area contributed by atoms with E-state index in [1.165, 1.54) is 64.6 Å². The van der Waals surface area contributed by atoms with Crippen molar-refractivity contribution in [3.63, 3.8) is 0 Å². The highest BCUT2D eigenvalue weighted by Crippen LogP contribution is 2.52. The Morgan fingerprint density at radius 3 is 1.10 bits per heavy atom. The molecule has 0 aliphatic heterocycles. The molecule has 30 heavy (non-hydrogen) atoms. The van der Waals surface area contributed by atoms with Crippen LogP contribution in [0.4, 0.5) is 0 Å². The number of ether oxygens (including phenoxy) is 2. The molecule has 0 aliphatic carbocycles. The standard InChI is InChI=1S/C28H18O2/c1-29-21-13-5-9-17-15-7-3-12-20-23(15)27(25(17)21)19-11-4-8-16-18-10-6-14-22(30-2)26(18)28(20)24(16)19/h3-14H,1-2H3. The van der Waals surface area contributed by atoms with Gasteiger partial charge < -0.3 is 9.47 Å². The van der Waals surface area contributed by atoms with Gasteiger partial charge in [-0.2, -0.15) is 0 Å². The summed E-state index contributed by atoms with van der Waals surface area (Å²) >= 11 is 0. The predicted molar refractivity (Wildman–Crippen MR) is 127 cm³/mol. The minimum atomic E-state index is 0.929. The Balaban J connectivity index is 1.95. The highest BCUT2D eigenvalue weighted by atomic mass is 16.5. The van der Waals surface area contributed by atoms with Crippen molar-refractivity contribution in [2.45, 2.75) is 0 Å². The average Bonchev–Trinajstić information content (AvgIpc) is 3.32. The Labute approximate surface area is 172 Å². The van der Waals surface area contributed by atoms with Crippen molar-refractivity contribution in [3.8, 4) is 11.5 Å². The molecule has 0 saturated carbocycles. The second kappa shape index (κ2) is 5.43. The van der Waals surface area contributed by atoms with Crippen molar-refractivity contribution in [2.24, 2.45) is 0 Å². The minimum Gasteiger partial charge on any atom is -0.496 e. The van der Waals surface area contributed by atoms with Gasteiger partial charge in [0.1, 0.15) is 11.5 Å². The molecule has 0 N–H and O–H groups in total. The lowest BCUT2D eigenvalue weighted by Gasteiger charge is -2.09. The van der Waals surface area contributed by atoms with Gasteiger partial charge in [-0.05, 0) is 55.2 Å². The van der Waals surface area contributed by atoms with E-state index < -0.39 is 0 Å². The van der Waals surface area contributed by atoms with Crippen LogP contribution in [0.1, 0.15) is 0 Å². The molecule has 0 saturated heterocycles. The van der Waals surface area contributed by atoms with Gasteiger partial charge in [-0.1, -0.05) is 60.7 Å². The van der Waals surface area contributed by atoms with E-state index in [0.29, 0.717) is 0 Å². The van der Waals surface area contributed by atoms with Crippen LogP contribution < -0.4 is 9.47 Å². The van der Waals surface area contributed by atoms with Crippen LogP contribution in [0.2, 0.25) is 0 Å². The predicted octanol–water partition coefficient (Wildman–Crippen LogP) is 7.50. The van der Waals surface area contributed by atoms with Crippen LogP contribution in [0.3, 0.4) is 0 Å². The second-order valence-electron chi connectivity index (χ2n) is 7.97. The van der Waals surface area contributed by atoms with Gasteiger partial charge in [-0.15, -0.1) is 0 Å². The lowest BCUT2D eigenvalue weighted by atomic mass is 9.95. The van der Waals surface area contributed by atoms with Gasteiger partial charge in [0.2, 0.25) is 0 Å². The minimum absolute atomic E-state index is 0.929. The zero-order valence-corrected chi connectivity index (χ0v) is 16.7. The van der Waals surface area contributed by atoms with Crippen LogP contribution in [0, 0.1) is 0 Å². The molecule has 0 aliphatic rings. The first-order chi connectivity index (χ1) is 14.8. The van der Waals surface area contributed by atoms with Gasteiger partial charge in [0.05, 0.1) is 14.2 Å². The smallest absolute Gasteiger partial charge is 0.127 e. The van der Waals surface area contributed by atoms with Gasteiger partial charge in [0.25, 0.3) is 0 Å². The van der Waals surface area contributed by atoms with Crippen molar-refractivity contribution in [2.75, 3.05) is 14.2 Å². The molecule has 7 aromatic carbocycles. The highest BCUT2D eigenvalue weighted by Gasteiger charge is 2.23. The summed E-state index contributed by atoms with van der Waals surface area (Å²) in [7, 11) is 3.52. The van der Waals surface area contributed by atoms with Crippen molar-refractivity contribution < 1.29 is 9.47 Å². The topological polar surface area (TPSA) is 18.5 Å². The third-order valence-corrected chi connectivity index (χ3v) is 6.74. The number of methoxy groups -OCH3 is 2. The molecule has 2 heteroatoms. The Bertz CT molecular complexity index is 1630. The number of hydrogen-bond acceptors (Lipinski definition) is 2. The largest absolute Gasteiger partial charge is 0.496 e. The summed E-state index contributed by atoms with van der Waals surface area (Å²) in [6.45, 7) is 0. The summed E-state index contributed by atoms with van der Waals surface area (Å²) in [4.78, 5) is 0. The van der Waals surface area contributed by atoms with Crippen LogP contribution in [0.15, 0.2) is 72.8 Å². The molecule has 0 heterocycles. The van der Waals surface area contributed by atoms with E-state index in [0.717, 1.165) is 11.5 Å². The van der Waals surface area contributed by atoms with Gasteiger partial charge in [-0.25, -0.2) is 0 Å². The fourth-order valence-electron chi connectivity index (χ4n) is 5.66. The SMILES string of the molecule is COc1cccc2c3cccc4c3c(c3cccc5c6cccc(OC)c6c4c53)c12. The van der Waals surface area contributed by atoms with Crippen LogP contribution in [-0.4, -0.2) is 14.2 Å². The lowest BCUT2D eigenvalue weighted by Crippen LogP contribution is -1.84. The molecule has 7 rings (SSSR count). The maximum atomic E-state index is 5.82. The van der Waals surface area contributed by atoms with Gasteiger partial charge >= 0.3 is 0 Å². The molecule has 0 unspecified atom stereocenters. The molecule has 0 bridgehead atoms. The number of rotatable bonds is 2. The Morgan fingerprint density at radius 2 is 0.700 bits per heavy atom. The molecule has 0 atom stereocenters. The van der Waals surface area contributed by atoms with Crippen LogP contribution in [-0.2, 0) is 0 Å². The van der Waals surface area contributed by atoms with Crippen LogP contribution in [0.25, 0.3) is 64.6 Å². The maximum absolute atomic E-state index is 5.82. The molecule has 2 nitrogen and oxygen atoms in total. The van der Waals surface area contributed by atoms with E-state index in [4.69, 9.17) is 9.47 Å². The first kappa shape index (κ1) is 16.1. The van der Waals surface area contributed by atoms with E-state index in [-0.39, 0.29) is 0 Å². The first-order valence-electron chi connectivity index (χ1n) is 10.2. The monoisotopic (exact) mass is 386 g/mol. The molecule has 0 spiro atoms. The maximum Gasteiger partial charge on any atom is 0.127 e. The van der Waals surface area contributed by atoms with Crippen LogP contribution in [0.5, 0.6) is 11.5 Å². The number of fused-ring (bicyclic) bond motifs is 8. The molecule has 0 radical (unpaired) electrons. The average molecular weight is 386 g/mol. The van der Waals surface area contributed by atoms with Crippen molar-refractivity contribution >= 4 is 64.6 Å². The summed E-state index contributed by atoms with van der Waals surface area (Å²) in [5.41, 5.74) is 0. The summed E-state index contributed by atoms with van der Waals surface area (Å²) in [6.07, 6.45) is 0. The summed E-state index contributed by atoms with van der Waals surface area (Å²) in [5, 5.41) is 15.3. The summed E-state index contributed by atoms with van der Waals surface area (Å²) in [6, 6.07) is 26.1. The van der Waals surface area contributed by atoms with E-state index in [1.807, 2.05) is 0 Å². The zero-order chi connectivity index (χ0) is 20.0. The molecule has 0 aromatic heterocycles. The van der Waals surface area contributed by atoms with Gasteiger partial charge in [-0.3, -0.25) is 0 Å². The molecular formula is C28H18O2. The molecule has 0 amide bonds. The highest BCUT2D eigenvalue weighted by molar-refractivity contribution is 6.48. The van der Waals surface area contributed by atoms with E-state index in [9.17, 15) is 0 Å². The van der Waals surface area contributed by atoms with Gasteiger partial charge in [0, 0.05) is 21.5 Å². The quantitative estimate of drug-likeness (QED) is 0.286. The second-order valence-corrected chi connectivity index (χ2v) is 7.97. The third-order valence-electron chi connectivity index (χ3n) is 6.74. The van der Waals surface area contributed by atoms with Crippen molar-refractivity contribution in [3.05, 3.63) is 72.8 Å². The Morgan fingerprint density at radius 1 is 0.367 bits per heavy atom. The summed E-state index contributed by atoms with van der Waals surface area (Å²) < 4.78 is 11.6. The fraction of sp³-hybridized carbons (Fsp3) is 0.0714. The number of benzene rings is 5. The zero-order valence-electron chi connectivity index (χ0n) is 16.7. The Kier molecular flexibility index (Phi) is 2.91. The molecule has 0 fully saturated rings. The summed E-state index contributed by atoms with van der Waals surface area (Å²) in [5.74, 6) is 1.86. The normalized spacial score (nSPS) is 12.3. The molecular weight excluding hydrogens is 368 g/mol. The fourth-order valence-corrected chi connectivity index (χ4v) is 5.66. The van der Waals surface area contributed by atoms with Crippen LogP contribution >= 0.6 is 0 Å². The third kappa shape index (κ3) is 1.68. The molecule has 7 aromatic rings. The van der Waals surface area contributed by atoms with Crippen molar-refractivity contribution in [1.82, 2.24) is 0 Å². The first-order valence-corrected chi connectivity index (χ1v) is 10.2. The van der Waals surface area contributed by atoms with Crippen molar-refractivity contribution in [1.29, 1.82) is 0 Å². The number of hydrogen-bond donors (Lipinski definition) is 0. The van der Waals surface area contributed by atoms with E-state index in [1.54, 1.807) is 14.2 Å². The Hall–Kier alpha value is -3.78. The lowest BCUT2D eigenvalue weighted by molar-refractivity contribution is 0.420. The van der Waals surface area contributed by atoms with Gasteiger partial charge in [0.15, 0.2) is 0 Å².